The first kappa shape index (κ1) is 14.9. The minimum absolute atomic E-state index is 0.00163. The lowest BCUT2D eigenvalue weighted by atomic mass is 10.2. The molecule has 8 heteroatoms. The number of nitrogens with zero attached hydrogens (tertiary/aromatic N) is 1. The fourth-order valence-corrected chi connectivity index (χ4v) is 1.26. The zero-order valence-corrected chi connectivity index (χ0v) is 10.1. The third-order valence-electron chi connectivity index (χ3n) is 2.22. The van der Waals surface area contributed by atoms with Gasteiger partial charge < -0.3 is 19.7 Å². The molecule has 1 aromatic rings. The lowest BCUT2D eigenvalue weighted by molar-refractivity contribution is -0.384. The zero-order chi connectivity index (χ0) is 14.4. The molecule has 0 radical (unpaired) electrons. The maximum atomic E-state index is 11.4. The number of carbonyl (C=O) groups excluding carboxylic acids is 1. The van der Waals surface area contributed by atoms with E-state index in [2.05, 4.69) is 4.74 Å². The quantitative estimate of drug-likeness (QED) is 0.428. The fraction of sp³-hybridized carbons (Fsp3) is 0.364. The third kappa shape index (κ3) is 3.90. The van der Waals surface area contributed by atoms with Crippen molar-refractivity contribution in [2.75, 3.05) is 20.3 Å². The summed E-state index contributed by atoms with van der Waals surface area (Å²) in [6, 6.07) is 3.39. The van der Waals surface area contributed by atoms with Gasteiger partial charge in [-0.25, -0.2) is 4.79 Å². The second kappa shape index (κ2) is 6.66. The average Bonchev–Trinajstić information content (AvgIpc) is 2.43. The van der Waals surface area contributed by atoms with E-state index in [1.54, 1.807) is 0 Å². The summed E-state index contributed by atoms with van der Waals surface area (Å²) in [4.78, 5) is 21.4. The summed E-state index contributed by atoms with van der Waals surface area (Å²) in [5.41, 5.74) is -0.264. The van der Waals surface area contributed by atoms with Crippen molar-refractivity contribution < 1.29 is 29.4 Å². The van der Waals surface area contributed by atoms with Crippen molar-refractivity contribution in [1.29, 1.82) is 0 Å². The van der Waals surface area contributed by atoms with E-state index in [4.69, 9.17) is 14.9 Å². The Balaban J connectivity index is 3.03. The van der Waals surface area contributed by atoms with Crippen molar-refractivity contribution in [2.45, 2.75) is 6.10 Å². The number of aliphatic hydroxyl groups excluding tert-OH is 2. The van der Waals surface area contributed by atoms with E-state index in [9.17, 15) is 14.9 Å². The number of benzene rings is 1. The number of rotatable bonds is 6. The smallest absolute Gasteiger partial charge is 0.341 e. The highest BCUT2D eigenvalue weighted by atomic mass is 16.6. The molecule has 0 saturated carbocycles. The molecule has 0 heterocycles. The standard InChI is InChI=1S/C11H13NO7/c1-18-11(15)9-3-2-7(12(16)17)4-10(9)19-6-8(14)5-13/h2-4,8,13-14H,5-6H2,1H3. The minimum atomic E-state index is -1.15. The Hall–Kier alpha value is -2.19. The Morgan fingerprint density at radius 3 is 2.74 bits per heavy atom. The van der Waals surface area contributed by atoms with Crippen LogP contribution in [0.25, 0.3) is 0 Å². The number of esters is 1. The summed E-state index contributed by atoms with van der Waals surface area (Å²) in [7, 11) is 1.16. The van der Waals surface area contributed by atoms with Crippen LogP contribution >= 0.6 is 0 Å². The summed E-state index contributed by atoms with van der Waals surface area (Å²) in [5, 5.41) is 28.5. The first-order chi connectivity index (χ1) is 8.99. The van der Waals surface area contributed by atoms with Crippen LogP contribution in [-0.4, -0.2) is 47.5 Å². The molecule has 0 saturated heterocycles. The highest BCUT2D eigenvalue weighted by molar-refractivity contribution is 5.92. The average molecular weight is 271 g/mol. The van der Waals surface area contributed by atoms with Crippen molar-refractivity contribution in [1.82, 2.24) is 0 Å². The highest BCUT2D eigenvalue weighted by Gasteiger charge is 2.18. The summed E-state index contributed by atoms with van der Waals surface area (Å²) < 4.78 is 9.60. The molecular formula is C11H13NO7. The number of hydrogen-bond acceptors (Lipinski definition) is 7. The van der Waals surface area contributed by atoms with Gasteiger partial charge in [0, 0.05) is 6.07 Å². The molecule has 2 N–H and O–H groups in total. The van der Waals surface area contributed by atoms with Crippen LogP contribution in [0.15, 0.2) is 18.2 Å². The van der Waals surface area contributed by atoms with Gasteiger partial charge in [-0.05, 0) is 6.07 Å². The van der Waals surface area contributed by atoms with Crippen molar-refractivity contribution in [3.8, 4) is 5.75 Å². The summed E-state index contributed by atoms with van der Waals surface area (Å²) in [5.74, 6) is -0.808. The lowest BCUT2D eigenvalue weighted by Crippen LogP contribution is -2.22. The molecular weight excluding hydrogens is 258 g/mol. The normalized spacial score (nSPS) is 11.7. The molecule has 0 spiro atoms. The molecule has 1 aromatic carbocycles. The van der Waals surface area contributed by atoms with Gasteiger partial charge in [0.15, 0.2) is 0 Å². The second-order valence-electron chi connectivity index (χ2n) is 3.58. The molecule has 0 aliphatic heterocycles. The van der Waals surface area contributed by atoms with Gasteiger partial charge in [0.25, 0.3) is 5.69 Å². The third-order valence-corrected chi connectivity index (χ3v) is 2.22. The Labute approximate surface area is 108 Å². The monoisotopic (exact) mass is 271 g/mol. The molecule has 0 bridgehead atoms. The number of aliphatic hydroxyl groups is 2. The first-order valence-corrected chi connectivity index (χ1v) is 5.28. The van der Waals surface area contributed by atoms with Crippen LogP contribution in [-0.2, 0) is 4.74 Å². The number of ether oxygens (including phenoxy) is 2. The fourth-order valence-electron chi connectivity index (χ4n) is 1.26. The number of nitro groups is 1. The van der Waals surface area contributed by atoms with E-state index in [-0.39, 0.29) is 23.6 Å². The number of carbonyl (C=O) groups is 1. The van der Waals surface area contributed by atoms with E-state index in [1.165, 1.54) is 6.07 Å². The van der Waals surface area contributed by atoms with Gasteiger partial charge in [0.05, 0.1) is 24.7 Å². The number of methoxy groups -OCH3 is 1. The SMILES string of the molecule is COC(=O)c1ccc([N+](=O)[O-])cc1OCC(O)CO. The molecule has 0 aliphatic carbocycles. The summed E-state index contributed by atoms with van der Waals surface area (Å²) in [6.07, 6.45) is -1.15. The topological polar surface area (TPSA) is 119 Å². The molecule has 0 fully saturated rings. The zero-order valence-electron chi connectivity index (χ0n) is 10.1. The molecule has 0 aromatic heterocycles. The van der Waals surface area contributed by atoms with Crippen molar-refractivity contribution in [3.05, 3.63) is 33.9 Å². The summed E-state index contributed by atoms with van der Waals surface area (Å²) >= 11 is 0. The van der Waals surface area contributed by atoms with Crippen LogP contribution in [0.3, 0.4) is 0 Å². The van der Waals surface area contributed by atoms with Gasteiger partial charge >= 0.3 is 5.97 Å². The van der Waals surface area contributed by atoms with Gasteiger partial charge in [-0.1, -0.05) is 0 Å². The van der Waals surface area contributed by atoms with E-state index in [0.717, 1.165) is 19.2 Å². The highest BCUT2D eigenvalue weighted by Crippen LogP contribution is 2.25. The Morgan fingerprint density at radius 1 is 1.53 bits per heavy atom. The maximum Gasteiger partial charge on any atom is 0.341 e. The van der Waals surface area contributed by atoms with Crippen LogP contribution in [0.4, 0.5) is 5.69 Å². The van der Waals surface area contributed by atoms with Crippen LogP contribution in [0, 0.1) is 10.1 Å². The van der Waals surface area contributed by atoms with Crippen LogP contribution in [0.2, 0.25) is 0 Å². The van der Waals surface area contributed by atoms with E-state index < -0.39 is 23.6 Å². The van der Waals surface area contributed by atoms with Crippen LogP contribution in [0.5, 0.6) is 5.75 Å². The Kier molecular flexibility index (Phi) is 5.22. The molecule has 8 nitrogen and oxygen atoms in total. The largest absolute Gasteiger partial charge is 0.490 e. The van der Waals surface area contributed by atoms with E-state index in [1.807, 2.05) is 0 Å². The lowest BCUT2D eigenvalue weighted by Gasteiger charge is -2.12. The van der Waals surface area contributed by atoms with E-state index in [0.29, 0.717) is 0 Å². The number of hydrogen-bond donors (Lipinski definition) is 2. The predicted molar refractivity (Wildman–Crippen MR) is 63.0 cm³/mol. The second-order valence-corrected chi connectivity index (χ2v) is 3.58. The van der Waals surface area contributed by atoms with Gasteiger partial charge in [0.2, 0.25) is 0 Å². The van der Waals surface area contributed by atoms with Gasteiger partial charge in [-0.3, -0.25) is 10.1 Å². The van der Waals surface area contributed by atoms with Crippen molar-refractivity contribution in [2.24, 2.45) is 0 Å². The maximum absolute atomic E-state index is 11.4. The predicted octanol–water partition coefficient (Wildman–Crippen LogP) is 0.113. The molecule has 1 atom stereocenters. The van der Waals surface area contributed by atoms with Crippen molar-refractivity contribution >= 4 is 11.7 Å². The van der Waals surface area contributed by atoms with Crippen LogP contribution in [0.1, 0.15) is 10.4 Å². The van der Waals surface area contributed by atoms with Crippen molar-refractivity contribution in [3.63, 3.8) is 0 Å². The van der Waals surface area contributed by atoms with Gasteiger partial charge in [0.1, 0.15) is 24.0 Å². The molecule has 1 rings (SSSR count). The van der Waals surface area contributed by atoms with Crippen LogP contribution < -0.4 is 4.74 Å². The van der Waals surface area contributed by atoms with Gasteiger partial charge in [-0.15, -0.1) is 0 Å². The molecule has 19 heavy (non-hydrogen) atoms. The number of non-ortho nitro benzene ring substituents is 1. The molecule has 1 unspecified atom stereocenters. The molecule has 104 valence electrons. The first-order valence-electron chi connectivity index (χ1n) is 5.28. The number of nitro benzene ring substituents is 1. The van der Waals surface area contributed by atoms with E-state index >= 15 is 0 Å². The van der Waals surface area contributed by atoms with Gasteiger partial charge in [-0.2, -0.15) is 0 Å². The minimum Gasteiger partial charge on any atom is -0.490 e. The Morgan fingerprint density at radius 2 is 2.21 bits per heavy atom. The molecule has 0 aliphatic rings. The Bertz CT molecular complexity index is 474. The summed E-state index contributed by atoms with van der Waals surface area (Å²) in [6.45, 7) is -0.829. The molecule has 0 amide bonds.